The third kappa shape index (κ3) is 6.73. The Kier molecular flexibility index (Phi) is 9.59. The van der Waals surface area contributed by atoms with Gasteiger partial charge < -0.3 is 0 Å². The van der Waals surface area contributed by atoms with Crippen LogP contribution in [0.25, 0.3) is 55.6 Å². The Labute approximate surface area is 365 Å². The normalized spacial score (nSPS) is 15.2. The molecule has 1 heterocycles. The highest BCUT2D eigenvalue weighted by molar-refractivity contribution is 6.07. The van der Waals surface area contributed by atoms with Crippen LogP contribution in [0.2, 0.25) is 0 Å². The molecule has 3 aliphatic rings. The lowest BCUT2D eigenvalue weighted by atomic mass is 9.75. The van der Waals surface area contributed by atoms with Gasteiger partial charge in [-0.3, -0.25) is 4.99 Å². The lowest BCUT2D eigenvalue weighted by Gasteiger charge is -2.28. The van der Waals surface area contributed by atoms with Crippen molar-refractivity contribution in [2.24, 2.45) is 4.99 Å². The molecule has 61 heavy (non-hydrogen) atoms. The van der Waals surface area contributed by atoms with Crippen LogP contribution in [0, 0.1) is 0 Å². The van der Waals surface area contributed by atoms with Crippen molar-refractivity contribution < 1.29 is 0 Å². The summed E-state index contributed by atoms with van der Waals surface area (Å²) in [5.41, 5.74) is 26.0. The lowest BCUT2D eigenvalue weighted by molar-refractivity contribution is 0.590. The van der Waals surface area contributed by atoms with Crippen molar-refractivity contribution >= 4 is 11.4 Å². The maximum absolute atomic E-state index is 5.23. The van der Waals surface area contributed by atoms with E-state index in [1.54, 1.807) is 0 Å². The SMILES string of the molecule is CC.CC(C)(C)c1ccc(-c2ccc3c(c2)C(C)(C)c2cc(-c4cc5c(cc4C(C)(C)C)-c4ccc(C6=Nc7cc(-c8ccccc8)ccc7C6)cc4C5(C)C)ccc2-3)cc1. The average Bonchev–Trinajstić information content (AvgIpc) is 3.85. The summed E-state index contributed by atoms with van der Waals surface area (Å²) in [4.78, 5) is 5.23. The molecule has 0 saturated carbocycles. The third-order valence-corrected chi connectivity index (χ3v) is 13.8. The fourth-order valence-corrected chi connectivity index (χ4v) is 10.2. The number of nitrogens with zero attached hydrogens (tertiary/aromatic N) is 1. The Morgan fingerprint density at radius 2 is 0.885 bits per heavy atom. The standard InChI is InChI=1S/C58H55N.C2H6/c1-55(2,3)42-23-18-36(19-24-42)37-20-25-43-44-26-21-39(29-50(44)57(7,8)49(43)28-37)46-33-52-47(34-48(46)56(4,5)6)45-27-22-40(30-51(45)58(52,9)10)54-32-41-17-16-38(31-53(41)59-54)35-14-12-11-13-15-35;1-2/h11-31,33-34H,32H2,1-10H3;1-2H3. The quantitative estimate of drug-likeness (QED) is 0.168. The van der Waals surface area contributed by atoms with E-state index < -0.39 is 0 Å². The van der Waals surface area contributed by atoms with Gasteiger partial charge in [-0.25, -0.2) is 0 Å². The van der Waals surface area contributed by atoms with E-state index in [0.717, 1.165) is 17.8 Å². The summed E-state index contributed by atoms with van der Waals surface area (Å²) in [5.74, 6) is 0. The van der Waals surface area contributed by atoms with Gasteiger partial charge >= 0.3 is 0 Å². The largest absolute Gasteiger partial charge is 0.252 e. The van der Waals surface area contributed by atoms with Crippen LogP contribution >= 0.6 is 0 Å². The second-order valence-electron chi connectivity index (χ2n) is 20.5. The van der Waals surface area contributed by atoms with E-state index in [4.69, 9.17) is 4.99 Å². The number of benzene rings is 7. The van der Waals surface area contributed by atoms with Crippen LogP contribution < -0.4 is 0 Å². The molecule has 0 saturated heterocycles. The van der Waals surface area contributed by atoms with Gasteiger partial charge in [0.25, 0.3) is 0 Å². The summed E-state index contributed by atoms with van der Waals surface area (Å²) in [6.07, 6.45) is 0.860. The molecule has 0 atom stereocenters. The number of hydrogen-bond donors (Lipinski definition) is 0. The highest BCUT2D eigenvalue weighted by Crippen LogP contribution is 2.54. The zero-order chi connectivity index (χ0) is 43.2. The first-order valence-corrected chi connectivity index (χ1v) is 22.5. The van der Waals surface area contributed by atoms with Gasteiger partial charge in [0.2, 0.25) is 0 Å². The molecule has 306 valence electrons. The number of hydrogen-bond acceptors (Lipinski definition) is 1. The molecule has 1 heteroatoms. The van der Waals surface area contributed by atoms with Crippen molar-refractivity contribution in [1.82, 2.24) is 0 Å². The van der Waals surface area contributed by atoms with E-state index in [-0.39, 0.29) is 21.7 Å². The van der Waals surface area contributed by atoms with E-state index >= 15 is 0 Å². The molecule has 0 spiro atoms. The summed E-state index contributed by atoms with van der Waals surface area (Å²) in [7, 11) is 0. The Bertz CT molecular complexity index is 2880. The van der Waals surface area contributed by atoms with Crippen LogP contribution in [0.4, 0.5) is 5.69 Å². The molecule has 1 nitrogen and oxygen atoms in total. The van der Waals surface area contributed by atoms with Crippen molar-refractivity contribution in [3.8, 4) is 55.6 Å². The predicted octanol–water partition coefficient (Wildman–Crippen LogP) is 16.6. The Balaban J connectivity index is 0.00000235. The molecule has 7 aromatic rings. The zero-order valence-electron chi connectivity index (χ0n) is 38.4. The molecule has 0 N–H and O–H groups in total. The van der Waals surface area contributed by atoms with E-state index in [2.05, 4.69) is 209 Å². The zero-order valence-corrected chi connectivity index (χ0v) is 38.4. The Hall–Kier alpha value is -5.79. The number of aliphatic imine (C=N–C) groups is 1. The highest BCUT2D eigenvalue weighted by Gasteiger charge is 2.39. The second-order valence-corrected chi connectivity index (χ2v) is 20.5. The van der Waals surface area contributed by atoms with Crippen LogP contribution in [0.1, 0.15) is 128 Å². The number of fused-ring (bicyclic) bond motifs is 7. The van der Waals surface area contributed by atoms with Crippen molar-refractivity contribution in [2.45, 2.75) is 111 Å². The van der Waals surface area contributed by atoms with Crippen molar-refractivity contribution in [2.75, 3.05) is 0 Å². The molecule has 10 rings (SSSR count). The maximum Gasteiger partial charge on any atom is 0.0675 e. The summed E-state index contributed by atoms with van der Waals surface area (Å²) in [6, 6.07) is 53.1. The van der Waals surface area contributed by atoms with Gasteiger partial charge in [-0.2, -0.15) is 0 Å². The van der Waals surface area contributed by atoms with Crippen molar-refractivity contribution in [3.63, 3.8) is 0 Å². The fraction of sp³-hybridized carbons (Fsp3) is 0.283. The smallest absolute Gasteiger partial charge is 0.0675 e. The van der Waals surface area contributed by atoms with Crippen LogP contribution in [0.3, 0.4) is 0 Å². The topological polar surface area (TPSA) is 12.4 Å². The molecule has 0 fully saturated rings. The predicted molar refractivity (Wildman–Crippen MR) is 263 cm³/mol. The molecule has 0 unspecified atom stereocenters. The van der Waals surface area contributed by atoms with E-state index in [0.29, 0.717) is 0 Å². The first-order valence-electron chi connectivity index (χ1n) is 22.5. The first kappa shape index (κ1) is 40.6. The van der Waals surface area contributed by atoms with Gasteiger partial charge in [0.15, 0.2) is 0 Å². The van der Waals surface area contributed by atoms with Crippen LogP contribution in [0.5, 0.6) is 0 Å². The first-order chi connectivity index (χ1) is 29.0. The van der Waals surface area contributed by atoms with Gasteiger partial charge in [0.05, 0.1) is 11.4 Å². The summed E-state index contributed by atoms with van der Waals surface area (Å²) < 4.78 is 0. The monoisotopic (exact) mass is 795 g/mol. The Morgan fingerprint density at radius 1 is 0.410 bits per heavy atom. The molecular formula is C60H61N. The van der Waals surface area contributed by atoms with E-state index in [1.807, 2.05) is 13.8 Å². The van der Waals surface area contributed by atoms with Gasteiger partial charge in [0, 0.05) is 17.3 Å². The minimum atomic E-state index is -0.161. The van der Waals surface area contributed by atoms with Crippen LogP contribution in [0.15, 0.2) is 145 Å². The molecule has 0 amide bonds. The molecule has 0 bridgehead atoms. The van der Waals surface area contributed by atoms with Gasteiger partial charge in [-0.15, -0.1) is 0 Å². The molecule has 2 aliphatic carbocycles. The Morgan fingerprint density at radius 3 is 1.49 bits per heavy atom. The van der Waals surface area contributed by atoms with Gasteiger partial charge in [-0.05, 0) is 147 Å². The average molecular weight is 796 g/mol. The molecule has 1 aliphatic heterocycles. The minimum Gasteiger partial charge on any atom is -0.252 e. The third-order valence-electron chi connectivity index (χ3n) is 13.8. The summed E-state index contributed by atoms with van der Waals surface area (Å²) >= 11 is 0. The van der Waals surface area contributed by atoms with Crippen molar-refractivity contribution in [1.29, 1.82) is 0 Å². The lowest BCUT2D eigenvalue weighted by Crippen LogP contribution is -2.18. The molecule has 7 aromatic carbocycles. The maximum atomic E-state index is 5.23. The molecular weight excluding hydrogens is 735 g/mol. The molecule has 0 aromatic heterocycles. The van der Waals surface area contributed by atoms with Crippen LogP contribution in [-0.2, 0) is 28.1 Å². The summed E-state index contributed by atoms with van der Waals surface area (Å²) in [6.45, 7) is 27.6. The minimum absolute atomic E-state index is 0.0465. The highest BCUT2D eigenvalue weighted by atomic mass is 14.8. The second kappa shape index (κ2) is 14.4. The van der Waals surface area contributed by atoms with Gasteiger partial charge in [0.1, 0.15) is 0 Å². The molecule has 0 radical (unpaired) electrons. The van der Waals surface area contributed by atoms with E-state index in [9.17, 15) is 0 Å². The number of rotatable bonds is 4. The van der Waals surface area contributed by atoms with Crippen molar-refractivity contribution in [3.05, 3.63) is 184 Å². The summed E-state index contributed by atoms with van der Waals surface area (Å²) in [5, 5.41) is 0. The fourth-order valence-electron chi connectivity index (χ4n) is 10.2. The van der Waals surface area contributed by atoms with E-state index in [1.165, 1.54) is 100 Å². The van der Waals surface area contributed by atoms with Gasteiger partial charge in [-0.1, -0.05) is 186 Å². The van der Waals surface area contributed by atoms with Crippen LogP contribution in [-0.4, -0.2) is 5.71 Å².